The second-order valence-corrected chi connectivity index (χ2v) is 9.46. The highest BCUT2D eigenvalue weighted by atomic mass is 32.2. The van der Waals surface area contributed by atoms with Crippen molar-refractivity contribution in [2.24, 2.45) is 0 Å². The van der Waals surface area contributed by atoms with Gasteiger partial charge < -0.3 is 10.4 Å². The van der Waals surface area contributed by atoms with Crippen molar-refractivity contribution >= 4 is 43.3 Å². The fraction of sp³-hybridized carbons (Fsp3) is 0.211. The number of aromatic nitrogens is 1. The summed E-state index contributed by atoms with van der Waals surface area (Å²) in [6, 6.07) is 12.4. The molecule has 3 aromatic rings. The molecule has 3 rings (SSSR count). The van der Waals surface area contributed by atoms with Gasteiger partial charge in [-0.25, -0.2) is 13.4 Å². The minimum Gasteiger partial charge on any atom is -0.480 e. The van der Waals surface area contributed by atoms with Gasteiger partial charge in [-0.15, -0.1) is 11.3 Å². The van der Waals surface area contributed by atoms with Gasteiger partial charge in [-0.2, -0.15) is 0 Å². The van der Waals surface area contributed by atoms with Crippen LogP contribution in [0, 0.1) is 0 Å². The lowest BCUT2D eigenvalue weighted by Gasteiger charge is -2.05. The average molecular weight is 418 g/mol. The summed E-state index contributed by atoms with van der Waals surface area (Å²) in [4.78, 5) is 27.0. The molecule has 0 bridgehead atoms. The third kappa shape index (κ3) is 4.55. The number of carboxylic acid groups (broad SMARTS) is 1. The zero-order valence-corrected chi connectivity index (χ0v) is 16.6. The number of carbonyl (C=O) groups is 2. The topological polar surface area (TPSA) is 113 Å². The van der Waals surface area contributed by atoms with Crippen molar-refractivity contribution in [3.63, 3.8) is 0 Å². The van der Waals surface area contributed by atoms with Crippen LogP contribution in [0.3, 0.4) is 0 Å². The first-order valence-electron chi connectivity index (χ1n) is 8.49. The molecule has 0 fully saturated rings. The van der Waals surface area contributed by atoms with Gasteiger partial charge in [0.15, 0.2) is 9.84 Å². The number of thiazole rings is 1. The molecule has 0 radical (unpaired) electrons. The summed E-state index contributed by atoms with van der Waals surface area (Å²) >= 11 is 1.35. The molecule has 0 aliphatic heterocycles. The van der Waals surface area contributed by atoms with Crippen LogP contribution in [-0.2, 0) is 25.8 Å². The number of rotatable bonds is 7. The maximum Gasteiger partial charge on any atom is 0.322 e. The zero-order valence-electron chi connectivity index (χ0n) is 15.0. The maximum atomic E-state index is 12.1. The second kappa shape index (κ2) is 8.07. The molecule has 1 heterocycles. The third-order valence-electron chi connectivity index (χ3n) is 4.09. The number of fused-ring (bicyclic) bond motifs is 1. The Bertz CT molecular complexity index is 1150. The van der Waals surface area contributed by atoms with Crippen molar-refractivity contribution < 1.29 is 23.1 Å². The van der Waals surface area contributed by atoms with E-state index in [0.717, 1.165) is 21.3 Å². The highest BCUT2D eigenvalue weighted by Gasteiger charge is 2.14. The smallest absolute Gasteiger partial charge is 0.322 e. The number of hydrogen-bond donors (Lipinski definition) is 2. The van der Waals surface area contributed by atoms with Crippen molar-refractivity contribution in [1.82, 2.24) is 10.3 Å². The predicted octanol–water partition coefficient (Wildman–Crippen LogP) is 2.50. The van der Waals surface area contributed by atoms with Crippen LogP contribution < -0.4 is 5.32 Å². The first-order chi connectivity index (χ1) is 13.3. The molecule has 0 aliphatic carbocycles. The van der Waals surface area contributed by atoms with Gasteiger partial charge in [0.05, 0.1) is 27.3 Å². The zero-order chi connectivity index (χ0) is 20.3. The van der Waals surface area contributed by atoms with Crippen LogP contribution in [-0.4, -0.2) is 42.7 Å². The SMILES string of the molecule is CCS(=O)(=O)c1cccc(-c2ccc3nc(CC(=O)NCC(=O)O)sc3c2)c1. The summed E-state index contributed by atoms with van der Waals surface area (Å²) < 4.78 is 25.1. The van der Waals surface area contributed by atoms with E-state index in [-0.39, 0.29) is 17.1 Å². The summed E-state index contributed by atoms with van der Waals surface area (Å²) in [6.45, 7) is 1.18. The number of amides is 1. The number of carbonyl (C=O) groups excluding carboxylic acids is 1. The van der Waals surface area contributed by atoms with E-state index in [4.69, 9.17) is 5.11 Å². The van der Waals surface area contributed by atoms with Gasteiger partial charge in [-0.05, 0) is 35.4 Å². The number of benzene rings is 2. The van der Waals surface area contributed by atoms with Crippen molar-refractivity contribution in [3.05, 3.63) is 47.5 Å². The normalized spacial score (nSPS) is 11.5. The number of hydrogen-bond acceptors (Lipinski definition) is 6. The Balaban J connectivity index is 1.86. The molecular weight excluding hydrogens is 400 g/mol. The minimum atomic E-state index is -3.29. The predicted molar refractivity (Wildman–Crippen MR) is 107 cm³/mol. The van der Waals surface area contributed by atoms with Gasteiger partial charge in [-0.1, -0.05) is 25.1 Å². The van der Waals surface area contributed by atoms with E-state index in [1.54, 1.807) is 25.1 Å². The lowest BCUT2D eigenvalue weighted by molar-refractivity contribution is -0.137. The summed E-state index contributed by atoms with van der Waals surface area (Å²) in [7, 11) is -3.29. The molecule has 0 aliphatic rings. The van der Waals surface area contributed by atoms with Gasteiger partial charge >= 0.3 is 5.97 Å². The molecular formula is C19H18N2O5S2. The van der Waals surface area contributed by atoms with Gasteiger partial charge in [0, 0.05) is 0 Å². The summed E-state index contributed by atoms with van der Waals surface area (Å²) in [6.07, 6.45) is 0.00614. The lowest BCUT2D eigenvalue weighted by Crippen LogP contribution is -2.30. The van der Waals surface area contributed by atoms with Crippen LogP contribution in [0.5, 0.6) is 0 Å². The van der Waals surface area contributed by atoms with Gasteiger partial charge in [0.2, 0.25) is 5.91 Å². The molecule has 0 saturated carbocycles. The van der Waals surface area contributed by atoms with Crippen LogP contribution >= 0.6 is 11.3 Å². The first-order valence-corrected chi connectivity index (χ1v) is 11.0. The number of sulfone groups is 1. The van der Waals surface area contributed by atoms with Crippen molar-refractivity contribution in [3.8, 4) is 11.1 Å². The van der Waals surface area contributed by atoms with E-state index in [0.29, 0.717) is 5.01 Å². The third-order valence-corrected chi connectivity index (χ3v) is 6.84. The van der Waals surface area contributed by atoms with Crippen LogP contribution in [0.4, 0.5) is 0 Å². The Kier molecular flexibility index (Phi) is 5.76. The van der Waals surface area contributed by atoms with Crippen LogP contribution in [0.15, 0.2) is 47.4 Å². The highest BCUT2D eigenvalue weighted by molar-refractivity contribution is 7.91. The Morgan fingerprint density at radius 2 is 1.89 bits per heavy atom. The van der Waals surface area contributed by atoms with E-state index < -0.39 is 28.3 Å². The molecule has 2 N–H and O–H groups in total. The van der Waals surface area contributed by atoms with Crippen LogP contribution in [0.1, 0.15) is 11.9 Å². The number of nitrogens with one attached hydrogen (secondary N) is 1. The second-order valence-electron chi connectivity index (χ2n) is 6.07. The van der Waals surface area contributed by atoms with Gasteiger partial charge in [-0.3, -0.25) is 9.59 Å². The molecule has 1 aromatic heterocycles. The van der Waals surface area contributed by atoms with Crippen LogP contribution in [0.25, 0.3) is 21.3 Å². The Morgan fingerprint density at radius 1 is 1.14 bits per heavy atom. The summed E-state index contributed by atoms with van der Waals surface area (Å²) in [5.41, 5.74) is 2.36. The molecule has 7 nitrogen and oxygen atoms in total. The average Bonchev–Trinajstić information content (AvgIpc) is 3.07. The van der Waals surface area contributed by atoms with Crippen LogP contribution in [0.2, 0.25) is 0 Å². The van der Waals surface area contributed by atoms with Gasteiger partial charge in [0.1, 0.15) is 11.6 Å². The molecule has 0 unspecified atom stereocenters. The largest absolute Gasteiger partial charge is 0.480 e. The van der Waals surface area contributed by atoms with E-state index in [2.05, 4.69) is 10.3 Å². The molecule has 1 amide bonds. The monoisotopic (exact) mass is 418 g/mol. The van der Waals surface area contributed by atoms with E-state index >= 15 is 0 Å². The molecule has 9 heteroatoms. The Hall–Kier alpha value is -2.78. The molecule has 146 valence electrons. The molecule has 0 spiro atoms. The number of aliphatic carboxylic acids is 1. The number of nitrogens with zero attached hydrogens (tertiary/aromatic N) is 1. The van der Waals surface area contributed by atoms with E-state index in [9.17, 15) is 18.0 Å². The fourth-order valence-corrected chi connectivity index (χ4v) is 4.57. The highest BCUT2D eigenvalue weighted by Crippen LogP contribution is 2.29. The maximum absolute atomic E-state index is 12.1. The number of carboxylic acids is 1. The van der Waals surface area contributed by atoms with Gasteiger partial charge in [0.25, 0.3) is 0 Å². The minimum absolute atomic E-state index is 0.00614. The van der Waals surface area contributed by atoms with E-state index in [1.165, 1.54) is 11.3 Å². The quantitative estimate of drug-likeness (QED) is 0.609. The summed E-state index contributed by atoms with van der Waals surface area (Å²) in [5.74, 6) is -1.47. The molecule has 2 aromatic carbocycles. The first kappa shape index (κ1) is 20.0. The van der Waals surface area contributed by atoms with E-state index in [1.807, 2.05) is 24.3 Å². The summed E-state index contributed by atoms with van der Waals surface area (Å²) in [5, 5.41) is 11.5. The Morgan fingerprint density at radius 3 is 2.61 bits per heavy atom. The molecule has 0 saturated heterocycles. The lowest BCUT2D eigenvalue weighted by atomic mass is 10.1. The standard InChI is InChI=1S/C19H18N2O5S2/c1-2-28(25,26)14-5-3-4-12(8-14)13-6-7-15-16(9-13)27-18(21-15)10-17(22)20-11-19(23)24/h3-9H,2,10-11H2,1H3,(H,20,22)(H,23,24). The Labute approximate surface area is 166 Å². The fourth-order valence-electron chi connectivity index (χ4n) is 2.64. The molecule has 0 atom stereocenters. The molecule has 28 heavy (non-hydrogen) atoms. The van der Waals surface area contributed by atoms with Crippen molar-refractivity contribution in [1.29, 1.82) is 0 Å². The van der Waals surface area contributed by atoms with Crippen molar-refractivity contribution in [2.75, 3.05) is 12.3 Å². The van der Waals surface area contributed by atoms with Crippen molar-refractivity contribution in [2.45, 2.75) is 18.2 Å².